The Balaban J connectivity index is 2.74. The van der Waals surface area contributed by atoms with E-state index in [1.165, 1.54) is 5.56 Å². The van der Waals surface area contributed by atoms with Crippen molar-refractivity contribution in [2.75, 3.05) is 25.1 Å². The van der Waals surface area contributed by atoms with E-state index in [-0.39, 0.29) is 18.9 Å². The second kappa shape index (κ2) is 7.25. The van der Waals surface area contributed by atoms with Gasteiger partial charge in [0.05, 0.1) is 13.2 Å². The SMILES string of the molecule is CCOC(=O)C(C)(C)C(=O)CN(C)c1ccc(CC)cc1. The molecule has 0 aliphatic rings. The molecule has 0 spiro atoms. The first kappa shape index (κ1) is 17.2. The second-order valence-electron chi connectivity index (χ2n) is 5.64. The highest BCUT2D eigenvalue weighted by atomic mass is 16.5. The van der Waals surface area contributed by atoms with Crippen LogP contribution in [0.4, 0.5) is 5.69 Å². The molecule has 116 valence electrons. The lowest BCUT2D eigenvalue weighted by Gasteiger charge is -2.25. The Morgan fingerprint density at radius 3 is 2.19 bits per heavy atom. The zero-order chi connectivity index (χ0) is 16.0. The molecule has 0 fully saturated rings. The monoisotopic (exact) mass is 291 g/mol. The molecule has 0 bridgehead atoms. The third-order valence-corrected chi connectivity index (χ3v) is 3.65. The summed E-state index contributed by atoms with van der Waals surface area (Å²) in [6.45, 7) is 7.52. The topological polar surface area (TPSA) is 46.6 Å². The minimum atomic E-state index is -1.12. The lowest BCUT2D eigenvalue weighted by atomic mass is 9.88. The molecule has 0 atom stereocenters. The quantitative estimate of drug-likeness (QED) is 0.572. The highest BCUT2D eigenvalue weighted by molar-refractivity contribution is 6.04. The zero-order valence-corrected chi connectivity index (χ0v) is 13.6. The van der Waals surface area contributed by atoms with Crippen LogP contribution in [0.25, 0.3) is 0 Å². The van der Waals surface area contributed by atoms with E-state index in [1.807, 2.05) is 36.2 Å². The molecule has 0 aliphatic carbocycles. The number of likely N-dealkylation sites (N-methyl/N-ethyl adjacent to an activating group) is 1. The molecular weight excluding hydrogens is 266 g/mol. The van der Waals surface area contributed by atoms with Gasteiger partial charge in [0.25, 0.3) is 0 Å². The summed E-state index contributed by atoms with van der Waals surface area (Å²) in [6, 6.07) is 8.08. The average molecular weight is 291 g/mol. The van der Waals surface area contributed by atoms with E-state index in [1.54, 1.807) is 20.8 Å². The summed E-state index contributed by atoms with van der Waals surface area (Å²) in [5, 5.41) is 0. The van der Waals surface area contributed by atoms with Crippen molar-refractivity contribution < 1.29 is 14.3 Å². The number of benzene rings is 1. The van der Waals surface area contributed by atoms with E-state index in [9.17, 15) is 9.59 Å². The van der Waals surface area contributed by atoms with Crippen LogP contribution in [-0.4, -0.2) is 32.0 Å². The molecule has 0 heterocycles. The standard InChI is InChI=1S/C17H25NO3/c1-6-13-8-10-14(11-9-13)18(5)12-15(19)17(3,4)16(20)21-7-2/h8-11H,6-7,12H2,1-5H3. The number of anilines is 1. The molecular formula is C17H25NO3. The van der Waals surface area contributed by atoms with Gasteiger partial charge in [0, 0.05) is 12.7 Å². The van der Waals surface area contributed by atoms with Crippen LogP contribution in [-0.2, 0) is 20.7 Å². The molecule has 4 heteroatoms. The zero-order valence-electron chi connectivity index (χ0n) is 13.6. The van der Waals surface area contributed by atoms with Crippen molar-refractivity contribution in [1.29, 1.82) is 0 Å². The predicted molar refractivity (Wildman–Crippen MR) is 84.5 cm³/mol. The van der Waals surface area contributed by atoms with Crippen LogP contribution in [0.15, 0.2) is 24.3 Å². The molecule has 0 saturated heterocycles. The average Bonchev–Trinajstić information content (AvgIpc) is 2.47. The minimum Gasteiger partial charge on any atom is -0.465 e. The highest BCUT2D eigenvalue weighted by Gasteiger charge is 2.37. The van der Waals surface area contributed by atoms with Crippen LogP contribution in [0.2, 0.25) is 0 Å². The Labute approximate surface area is 127 Å². The number of ether oxygens (including phenoxy) is 1. The number of rotatable bonds is 7. The van der Waals surface area contributed by atoms with Crippen molar-refractivity contribution in [3.63, 3.8) is 0 Å². The number of carbonyl (C=O) groups is 2. The number of Topliss-reactive ketones (excluding diaryl/α,β-unsaturated/α-hetero) is 1. The summed E-state index contributed by atoms with van der Waals surface area (Å²) in [6.07, 6.45) is 0.985. The Morgan fingerprint density at radius 1 is 1.14 bits per heavy atom. The predicted octanol–water partition coefficient (Wildman–Crippen LogP) is 2.84. The molecule has 0 aliphatic heterocycles. The molecule has 1 aromatic carbocycles. The molecule has 0 radical (unpaired) electrons. The van der Waals surface area contributed by atoms with E-state index in [0.717, 1.165) is 12.1 Å². The third-order valence-electron chi connectivity index (χ3n) is 3.65. The normalized spacial score (nSPS) is 11.1. The van der Waals surface area contributed by atoms with E-state index in [4.69, 9.17) is 4.74 Å². The van der Waals surface area contributed by atoms with E-state index in [0.29, 0.717) is 0 Å². The van der Waals surface area contributed by atoms with Gasteiger partial charge >= 0.3 is 5.97 Å². The van der Waals surface area contributed by atoms with E-state index >= 15 is 0 Å². The van der Waals surface area contributed by atoms with Crippen molar-refractivity contribution in [2.24, 2.45) is 5.41 Å². The summed E-state index contributed by atoms with van der Waals surface area (Å²) in [4.78, 5) is 26.0. The largest absolute Gasteiger partial charge is 0.465 e. The van der Waals surface area contributed by atoms with Crippen LogP contribution >= 0.6 is 0 Å². The molecule has 0 saturated carbocycles. The van der Waals surface area contributed by atoms with Gasteiger partial charge in [0.1, 0.15) is 5.41 Å². The molecule has 1 rings (SSSR count). The first-order valence-electron chi connectivity index (χ1n) is 7.33. The summed E-state index contributed by atoms with van der Waals surface area (Å²) in [5.74, 6) is -0.618. The molecule has 0 amide bonds. The Morgan fingerprint density at radius 2 is 1.71 bits per heavy atom. The maximum atomic E-state index is 12.3. The van der Waals surface area contributed by atoms with Gasteiger partial charge in [0.15, 0.2) is 5.78 Å². The van der Waals surface area contributed by atoms with Crippen molar-refractivity contribution in [3.8, 4) is 0 Å². The van der Waals surface area contributed by atoms with Gasteiger partial charge in [-0.2, -0.15) is 0 Å². The van der Waals surface area contributed by atoms with Crippen molar-refractivity contribution in [2.45, 2.75) is 34.1 Å². The second-order valence-corrected chi connectivity index (χ2v) is 5.64. The van der Waals surface area contributed by atoms with Gasteiger partial charge in [0.2, 0.25) is 0 Å². The van der Waals surface area contributed by atoms with Gasteiger partial charge in [-0.1, -0.05) is 19.1 Å². The maximum Gasteiger partial charge on any atom is 0.319 e. The highest BCUT2D eigenvalue weighted by Crippen LogP contribution is 2.21. The van der Waals surface area contributed by atoms with Gasteiger partial charge in [-0.25, -0.2) is 0 Å². The Bertz CT molecular complexity index is 491. The number of ketones is 1. The molecule has 0 unspecified atom stereocenters. The summed E-state index contributed by atoms with van der Waals surface area (Å²) < 4.78 is 4.97. The van der Waals surface area contributed by atoms with Crippen LogP contribution < -0.4 is 4.90 Å². The first-order chi connectivity index (χ1) is 9.82. The van der Waals surface area contributed by atoms with Gasteiger partial charge < -0.3 is 9.64 Å². The summed E-state index contributed by atoms with van der Waals surface area (Å²) in [5.41, 5.74) is 1.10. The Hall–Kier alpha value is -1.84. The molecule has 0 N–H and O–H groups in total. The van der Waals surface area contributed by atoms with Crippen LogP contribution in [0.5, 0.6) is 0 Å². The van der Waals surface area contributed by atoms with E-state index < -0.39 is 11.4 Å². The smallest absolute Gasteiger partial charge is 0.319 e. The number of hydrogen-bond donors (Lipinski definition) is 0. The lowest BCUT2D eigenvalue weighted by Crippen LogP contribution is -2.41. The molecule has 0 aromatic heterocycles. The van der Waals surface area contributed by atoms with Crippen LogP contribution in [0.1, 0.15) is 33.3 Å². The fourth-order valence-electron chi connectivity index (χ4n) is 1.92. The minimum absolute atomic E-state index is 0.150. The van der Waals surface area contributed by atoms with E-state index in [2.05, 4.69) is 6.92 Å². The summed E-state index contributed by atoms with van der Waals surface area (Å²) >= 11 is 0. The fourth-order valence-corrected chi connectivity index (χ4v) is 1.92. The molecule has 4 nitrogen and oxygen atoms in total. The van der Waals surface area contributed by atoms with Gasteiger partial charge in [-0.05, 0) is 44.9 Å². The van der Waals surface area contributed by atoms with Crippen LogP contribution in [0.3, 0.4) is 0 Å². The van der Waals surface area contributed by atoms with Crippen molar-refractivity contribution >= 4 is 17.4 Å². The van der Waals surface area contributed by atoms with Crippen molar-refractivity contribution in [3.05, 3.63) is 29.8 Å². The third kappa shape index (κ3) is 4.31. The maximum absolute atomic E-state index is 12.3. The Kier molecular flexibility index (Phi) is 5.94. The molecule has 21 heavy (non-hydrogen) atoms. The summed E-state index contributed by atoms with van der Waals surface area (Å²) in [7, 11) is 1.85. The number of esters is 1. The lowest BCUT2D eigenvalue weighted by molar-refractivity contribution is -0.157. The van der Waals surface area contributed by atoms with Crippen LogP contribution in [0, 0.1) is 5.41 Å². The van der Waals surface area contributed by atoms with Crippen molar-refractivity contribution in [1.82, 2.24) is 0 Å². The van der Waals surface area contributed by atoms with Gasteiger partial charge in [-0.3, -0.25) is 9.59 Å². The number of hydrogen-bond acceptors (Lipinski definition) is 4. The van der Waals surface area contributed by atoms with Gasteiger partial charge in [-0.15, -0.1) is 0 Å². The molecule has 1 aromatic rings. The number of carbonyl (C=O) groups excluding carboxylic acids is 2. The number of aryl methyl sites for hydroxylation is 1. The number of nitrogens with zero attached hydrogens (tertiary/aromatic N) is 1. The fraction of sp³-hybridized carbons (Fsp3) is 0.529. The first-order valence-corrected chi connectivity index (χ1v) is 7.33.